The molecule has 1 aliphatic rings. The van der Waals surface area contributed by atoms with Crippen LogP contribution in [0.2, 0.25) is 0 Å². The monoisotopic (exact) mass is 322 g/mol. The summed E-state index contributed by atoms with van der Waals surface area (Å²) in [6.45, 7) is 3.29. The van der Waals surface area contributed by atoms with Crippen molar-refractivity contribution in [1.82, 2.24) is 10.2 Å². The summed E-state index contributed by atoms with van der Waals surface area (Å²) in [5.41, 5.74) is 0.897. The van der Waals surface area contributed by atoms with E-state index in [-0.39, 0.29) is 12.0 Å². The minimum absolute atomic E-state index is 0.00128. The zero-order chi connectivity index (χ0) is 16.7. The molecule has 1 aliphatic heterocycles. The third-order valence-corrected chi connectivity index (χ3v) is 3.94. The van der Waals surface area contributed by atoms with E-state index in [2.05, 4.69) is 17.3 Å². The summed E-state index contributed by atoms with van der Waals surface area (Å²) in [6.07, 6.45) is 1.36. The normalized spacial score (nSPS) is 18.5. The average molecular weight is 322 g/mol. The Morgan fingerprint density at radius 3 is 2.83 bits per heavy atom. The average Bonchev–Trinajstić information content (AvgIpc) is 2.54. The van der Waals surface area contributed by atoms with Gasteiger partial charge in [-0.2, -0.15) is 0 Å². The SMILES string of the molecule is COc1ccc(CC(=O)NCCC2CN(C)CCO2)cc1OC. The van der Waals surface area contributed by atoms with E-state index in [1.165, 1.54) is 0 Å². The number of benzene rings is 1. The number of rotatable bonds is 7. The molecule has 1 N–H and O–H groups in total. The van der Waals surface area contributed by atoms with E-state index >= 15 is 0 Å². The van der Waals surface area contributed by atoms with Gasteiger partial charge in [-0.3, -0.25) is 4.79 Å². The Bertz CT molecular complexity index is 521. The number of nitrogens with zero attached hydrogens (tertiary/aromatic N) is 1. The highest BCUT2D eigenvalue weighted by molar-refractivity contribution is 5.78. The minimum Gasteiger partial charge on any atom is -0.493 e. The molecule has 128 valence electrons. The number of carbonyl (C=O) groups excluding carboxylic acids is 1. The molecule has 1 amide bonds. The van der Waals surface area contributed by atoms with E-state index in [1.54, 1.807) is 14.2 Å². The molecule has 2 rings (SSSR count). The van der Waals surface area contributed by atoms with Crippen LogP contribution >= 0.6 is 0 Å². The highest BCUT2D eigenvalue weighted by Gasteiger charge is 2.17. The van der Waals surface area contributed by atoms with Crippen LogP contribution in [-0.4, -0.2) is 64.4 Å². The van der Waals surface area contributed by atoms with Crippen LogP contribution in [0.15, 0.2) is 18.2 Å². The maximum atomic E-state index is 12.0. The molecule has 1 saturated heterocycles. The van der Waals surface area contributed by atoms with Crippen molar-refractivity contribution >= 4 is 5.91 Å². The molecular formula is C17H26N2O4. The number of amides is 1. The van der Waals surface area contributed by atoms with Gasteiger partial charge in [-0.05, 0) is 31.2 Å². The molecule has 23 heavy (non-hydrogen) atoms. The number of hydrogen-bond acceptors (Lipinski definition) is 5. The molecule has 1 aromatic carbocycles. The third-order valence-electron chi connectivity index (χ3n) is 3.94. The Morgan fingerprint density at radius 2 is 2.13 bits per heavy atom. The third kappa shape index (κ3) is 5.41. The molecule has 1 fully saturated rings. The lowest BCUT2D eigenvalue weighted by atomic mass is 10.1. The van der Waals surface area contributed by atoms with Gasteiger partial charge in [0.05, 0.1) is 33.4 Å². The molecule has 0 aliphatic carbocycles. The van der Waals surface area contributed by atoms with Gasteiger partial charge in [-0.25, -0.2) is 0 Å². The molecule has 6 nitrogen and oxygen atoms in total. The van der Waals surface area contributed by atoms with Crippen LogP contribution in [0.4, 0.5) is 0 Å². The number of morpholine rings is 1. The van der Waals surface area contributed by atoms with Crippen molar-refractivity contribution in [1.29, 1.82) is 0 Å². The lowest BCUT2D eigenvalue weighted by Gasteiger charge is -2.30. The Balaban J connectivity index is 1.76. The molecule has 1 aromatic rings. The Morgan fingerprint density at radius 1 is 1.35 bits per heavy atom. The van der Waals surface area contributed by atoms with Gasteiger partial charge in [0.25, 0.3) is 0 Å². The standard InChI is InChI=1S/C17H26N2O4/c1-19-8-9-23-14(12-19)6-7-18-17(20)11-13-4-5-15(21-2)16(10-13)22-3/h4-5,10,14H,6-9,11-12H2,1-3H3,(H,18,20). The number of likely N-dealkylation sites (N-methyl/N-ethyl adjacent to an activating group) is 1. The summed E-state index contributed by atoms with van der Waals surface area (Å²) in [5, 5.41) is 2.95. The maximum absolute atomic E-state index is 12.0. The summed E-state index contributed by atoms with van der Waals surface area (Å²) in [4.78, 5) is 14.3. The van der Waals surface area contributed by atoms with Crippen molar-refractivity contribution < 1.29 is 19.0 Å². The van der Waals surface area contributed by atoms with Crippen LogP contribution in [0.25, 0.3) is 0 Å². The molecule has 0 radical (unpaired) electrons. The van der Waals surface area contributed by atoms with Gasteiger partial charge in [0.15, 0.2) is 11.5 Å². The highest BCUT2D eigenvalue weighted by Crippen LogP contribution is 2.27. The lowest BCUT2D eigenvalue weighted by molar-refractivity contribution is -0.120. The highest BCUT2D eigenvalue weighted by atomic mass is 16.5. The Kier molecular flexibility index (Phi) is 6.67. The number of ether oxygens (including phenoxy) is 3. The number of carbonyl (C=O) groups is 1. The smallest absolute Gasteiger partial charge is 0.224 e. The number of nitrogens with one attached hydrogen (secondary N) is 1. The molecule has 6 heteroatoms. The predicted octanol–water partition coefficient (Wildman–Crippen LogP) is 1.08. The predicted molar refractivity (Wildman–Crippen MR) is 88.1 cm³/mol. The lowest BCUT2D eigenvalue weighted by Crippen LogP contribution is -2.41. The second-order valence-corrected chi connectivity index (χ2v) is 5.76. The Hall–Kier alpha value is -1.79. The fourth-order valence-electron chi connectivity index (χ4n) is 2.65. The van der Waals surface area contributed by atoms with Crippen LogP contribution < -0.4 is 14.8 Å². The second kappa shape index (κ2) is 8.74. The first kappa shape index (κ1) is 17.6. The molecule has 0 spiro atoms. The van der Waals surface area contributed by atoms with Gasteiger partial charge < -0.3 is 24.4 Å². The fraction of sp³-hybridized carbons (Fsp3) is 0.588. The van der Waals surface area contributed by atoms with Crippen molar-refractivity contribution in [2.45, 2.75) is 18.9 Å². The van der Waals surface area contributed by atoms with E-state index in [0.717, 1.165) is 31.7 Å². The van der Waals surface area contributed by atoms with E-state index in [0.29, 0.717) is 24.5 Å². The van der Waals surface area contributed by atoms with Gasteiger partial charge in [-0.1, -0.05) is 6.07 Å². The summed E-state index contributed by atoms with van der Waals surface area (Å²) < 4.78 is 16.1. The molecule has 0 saturated carbocycles. The summed E-state index contributed by atoms with van der Waals surface area (Å²) in [6, 6.07) is 5.52. The van der Waals surface area contributed by atoms with Crippen LogP contribution in [0.3, 0.4) is 0 Å². The van der Waals surface area contributed by atoms with E-state index in [9.17, 15) is 4.79 Å². The van der Waals surface area contributed by atoms with Gasteiger partial charge in [0.2, 0.25) is 5.91 Å². The first-order valence-corrected chi connectivity index (χ1v) is 7.90. The van der Waals surface area contributed by atoms with Crippen molar-refractivity contribution in [3.8, 4) is 11.5 Å². The quantitative estimate of drug-likeness (QED) is 0.814. The molecular weight excluding hydrogens is 296 g/mol. The van der Waals surface area contributed by atoms with Gasteiger partial charge in [-0.15, -0.1) is 0 Å². The maximum Gasteiger partial charge on any atom is 0.224 e. The molecule has 1 heterocycles. The molecule has 1 atom stereocenters. The molecule has 0 bridgehead atoms. The van der Waals surface area contributed by atoms with Gasteiger partial charge in [0, 0.05) is 19.6 Å². The first-order valence-electron chi connectivity index (χ1n) is 7.90. The topological polar surface area (TPSA) is 60.0 Å². The largest absolute Gasteiger partial charge is 0.493 e. The first-order chi connectivity index (χ1) is 11.1. The van der Waals surface area contributed by atoms with Crippen molar-refractivity contribution in [2.75, 3.05) is 47.5 Å². The Labute approximate surface area is 137 Å². The van der Waals surface area contributed by atoms with E-state index < -0.39 is 0 Å². The molecule has 0 aromatic heterocycles. The van der Waals surface area contributed by atoms with Crippen LogP contribution in [0.1, 0.15) is 12.0 Å². The minimum atomic E-state index is 0.00128. The van der Waals surface area contributed by atoms with Gasteiger partial charge in [0.1, 0.15) is 0 Å². The summed E-state index contributed by atoms with van der Waals surface area (Å²) >= 11 is 0. The zero-order valence-corrected chi connectivity index (χ0v) is 14.1. The van der Waals surface area contributed by atoms with Crippen LogP contribution in [0.5, 0.6) is 11.5 Å². The van der Waals surface area contributed by atoms with Crippen LogP contribution in [0, 0.1) is 0 Å². The van der Waals surface area contributed by atoms with Crippen molar-refractivity contribution in [2.24, 2.45) is 0 Å². The molecule has 1 unspecified atom stereocenters. The number of methoxy groups -OCH3 is 2. The summed E-state index contributed by atoms with van der Waals surface area (Å²) in [7, 11) is 5.27. The zero-order valence-electron chi connectivity index (χ0n) is 14.1. The second-order valence-electron chi connectivity index (χ2n) is 5.76. The fourth-order valence-corrected chi connectivity index (χ4v) is 2.65. The van der Waals surface area contributed by atoms with E-state index in [1.807, 2.05) is 18.2 Å². The summed E-state index contributed by atoms with van der Waals surface area (Å²) in [5.74, 6) is 1.30. The number of hydrogen-bond donors (Lipinski definition) is 1. The van der Waals surface area contributed by atoms with Gasteiger partial charge >= 0.3 is 0 Å². The van der Waals surface area contributed by atoms with Crippen molar-refractivity contribution in [3.05, 3.63) is 23.8 Å². The van der Waals surface area contributed by atoms with Crippen LogP contribution in [-0.2, 0) is 16.0 Å². The van der Waals surface area contributed by atoms with Crippen molar-refractivity contribution in [3.63, 3.8) is 0 Å². The van der Waals surface area contributed by atoms with E-state index in [4.69, 9.17) is 14.2 Å².